The molecule has 0 radical (unpaired) electrons. The predicted octanol–water partition coefficient (Wildman–Crippen LogP) is 4.50. The molecular weight excluding hydrogens is 224 g/mol. The second-order valence-corrected chi connectivity index (χ2v) is 4.92. The minimum Gasteiger partial charge on any atom is -0.465 e. The number of hydrogen-bond acceptors (Lipinski definition) is 2. The van der Waals surface area contributed by atoms with E-state index < -0.39 is 0 Å². The highest BCUT2D eigenvalue weighted by molar-refractivity contribution is 5.93. The molecule has 1 aromatic rings. The molecule has 0 bridgehead atoms. The first-order valence-electron chi connectivity index (χ1n) is 6.77. The van der Waals surface area contributed by atoms with Gasteiger partial charge < -0.3 is 4.74 Å². The molecule has 2 unspecified atom stereocenters. The van der Waals surface area contributed by atoms with E-state index >= 15 is 0 Å². The van der Waals surface area contributed by atoms with Crippen molar-refractivity contribution in [3.8, 4) is 0 Å². The lowest BCUT2D eigenvalue weighted by Crippen LogP contribution is -2.13. The Morgan fingerprint density at radius 1 is 1.11 bits per heavy atom. The van der Waals surface area contributed by atoms with Gasteiger partial charge in [0.25, 0.3) is 0 Å². The molecule has 0 aliphatic heterocycles. The van der Waals surface area contributed by atoms with Gasteiger partial charge in [-0.05, 0) is 35.8 Å². The van der Waals surface area contributed by atoms with Crippen LogP contribution in [-0.2, 0) is 4.74 Å². The van der Waals surface area contributed by atoms with E-state index in [9.17, 15) is 4.79 Å². The maximum absolute atomic E-state index is 12.1. The van der Waals surface area contributed by atoms with E-state index in [4.69, 9.17) is 4.74 Å². The van der Waals surface area contributed by atoms with Crippen LogP contribution in [-0.4, -0.2) is 13.1 Å². The van der Waals surface area contributed by atoms with Gasteiger partial charge >= 0.3 is 5.97 Å². The molecule has 0 aliphatic carbocycles. The van der Waals surface area contributed by atoms with E-state index in [0.717, 1.165) is 29.5 Å². The maximum atomic E-state index is 12.1. The second kappa shape index (κ2) is 6.58. The van der Waals surface area contributed by atoms with Crippen LogP contribution in [0.5, 0.6) is 0 Å². The summed E-state index contributed by atoms with van der Waals surface area (Å²) >= 11 is 0. The monoisotopic (exact) mass is 248 g/mol. The number of rotatable bonds is 5. The molecule has 1 rings (SSSR count). The molecule has 0 aliphatic rings. The van der Waals surface area contributed by atoms with Crippen molar-refractivity contribution in [3.05, 3.63) is 34.9 Å². The average Bonchev–Trinajstić information content (AvgIpc) is 2.43. The summed E-state index contributed by atoms with van der Waals surface area (Å²) in [6.07, 6.45) is 2.04. The topological polar surface area (TPSA) is 26.3 Å². The van der Waals surface area contributed by atoms with Gasteiger partial charge in [0.1, 0.15) is 0 Å². The lowest BCUT2D eigenvalue weighted by Gasteiger charge is -2.20. The predicted molar refractivity (Wildman–Crippen MR) is 75.2 cm³/mol. The summed E-state index contributed by atoms with van der Waals surface area (Å²) in [7, 11) is 1.45. The van der Waals surface area contributed by atoms with Gasteiger partial charge in [0, 0.05) is 0 Å². The molecule has 2 atom stereocenters. The zero-order valence-electron chi connectivity index (χ0n) is 12.1. The molecule has 0 saturated carbocycles. The van der Waals surface area contributed by atoms with Crippen LogP contribution in [0.15, 0.2) is 18.2 Å². The number of carbonyl (C=O) groups is 1. The van der Waals surface area contributed by atoms with Crippen LogP contribution >= 0.6 is 0 Å². The van der Waals surface area contributed by atoms with Crippen LogP contribution in [0.3, 0.4) is 0 Å². The quantitative estimate of drug-likeness (QED) is 0.717. The highest BCUT2D eigenvalue weighted by atomic mass is 16.5. The van der Waals surface area contributed by atoms with Crippen LogP contribution < -0.4 is 0 Å². The van der Waals surface area contributed by atoms with E-state index in [1.54, 1.807) is 0 Å². The third-order valence-electron chi connectivity index (χ3n) is 3.81. The molecule has 0 heterocycles. The van der Waals surface area contributed by atoms with Crippen LogP contribution in [0, 0.1) is 0 Å². The fourth-order valence-electron chi connectivity index (χ4n) is 2.19. The Labute approximate surface area is 110 Å². The van der Waals surface area contributed by atoms with Gasteiger partial charge in [0.15, 0.2) is 0 Å². The van der Waals surface area contributed by atoms with Crippen LogP contribution in [0.4, 0.5) is 0 Å². The molecule has 2 heteroatoms. The number of benzene rings is 1. The van der Waals surface area contributed by atoms with Gasteiger partial charge in [-0.1, -0.05) is 45.9 Å². The Morgan fingerprint density at radius 2 is 1.56 bits per heavy atom. The van der Waals surface area contributed by atoms with Gasteiger partial charge in [-0.3, -0.25) is 0 Å². The number of ether oxygens (including phenoxy) is 1. The lowest BCUT2D eigenvalue weighted by molar-refractivity contribution is 0.0597. The first-order valence-corrected chi connectivity index (χ1v) is 6.77. The zero-order chi connectivity index (χ0) is 13.7. The molecule has 0 amide bonds. The Balaban J connectivity index is 3.39. The summed E-state index contributed by atoms with van der Waals surface area (Å²) in [5.41, 5.74) is 3.01. The van der Waals surface area contributed by atoms with Crippen molar-refractivity contribution in [1.82, 2.24) is 0 Å². The Hall–Kier alpha value is -1.31. The first kappa shape index (κ1) is 14.7. The summed E-state index contributed by atoms with van der Waals surface area (Å²) in [5, 5.41) is 0. The molecule has 18 heavy (non-hydrogen) atoms. The lowest BCUT2D eigenvalue weighted by atomic mass is 9.86. The van der Waals surface area contributed by atoms with E-state index in [1.807, 2.05) is 12.1 Å². The van der Waals surface area contributed by atoms with Crippen molar-refractivity contribution in [2.45, 2.75) is 52.4 Å². The Kier molecular flexibility index (Phi) is 5.39. The summed E-state index contributed by atoms with van der Waals surface area (Å²) in [5.74, 6) is 0.549. The summed E-state index contributed by atoms with van der Waals surface area (Å²) < 4.78 is 4.97. The average molecular weight is 248 g/mol. The van der Waals surface area contributed by atoms with Gasteiger partial charge in [-0.2, -0.15) is 0 Å². The number of methoxy groups -OCH3 is 1. The molecule has 0 aromatic heterocycles. The van der Waals surface area contributed by atoms with E-state index in [-0.39, 0.29) is 5.97 Å². The molecule has 0 fully saturated rings. The maximum Gasteiger partial charge on any atom is 0.338 e. The first-order chi connectivity index (χ1) is 8.56. The van der Waals surface area contributed by atoms with E-state index in [2.05, 4.69) is 33.8 Å². The third kappa shape index (κ3) is 2.92. The van der Waals surface area contributed by atoms with Crippen molar-refractivity contribution in [2.75, 3.05) is 7.11 Å². The Bertz CT molecular complexity index is 381. The van der Waals surface area contributed by atoms with Crippen molar-refractivity contribution < 1.29 is 9.53 Å². The van der Waals surface area contributed by atoms with Crippen LogP contribution in [0.25, 0.3) is 0 Å². The van der Waals surface area contributed by atoms with Crippen molar-refractivity contribution in [3.63, 3.8) is 0 Å². The molecule has 100 valence electrons. The number of esters is 1. The van der Waals surface area contributed by atoms with E-state index in [1.165, 1.54) is 7.11 Å². The highest BCUT2D eigenvalue weighted by Gasteiger charge is 2.21. The highest BCUT2D eigenvalue weighted by Crippen LogP contribution is 2.31. The largest absolute Gasteiger partial charge is 0.465 e. The molecular formula is C16H24O2. The fourth-order valence-corrected chi connectivity index (χ4v) is 2.19. The fraction of sp³-hybridized carbons (Fsp3) is 0.562. The Morgan fingerprint density at radius 3 is 1.89 bits per heavy atom. The van der Waals surface area contributed by atoms with Crippen molar-refractivity contribution in [1.29, 1.82) is 0 Å². The zero-order valence-corrected chi connectivity index (χ0v) is 12.1. The van der Waals surface area contributed by atoms with Gasteiger partial charge in [0.2, 0.25) is 0 Å². The minimum atomic E-state index is -0.207. The second-order valence-electron chi connectivity index (χ2n) is 4.92. The molecule has 2 nitrogen and oxygen atoms in total. The minimum absolute atomic E-state index is 0.207. The third-order valence-corrected chi connectivity index (χ3v) is 3.81. The standard InChI is InChI=1S/C16H24O2/c1-6-11(3)13-9-8-10-14(12(4)7-2)15(13)16(17)18-5/h8-12H,6-7H2,1-5H3. The van der Waals surface area contributed by atoms with Gasteiger partial charge in [0.05, 0.1) is 12.7 Å². The summed E-state index contributed by atoms with van der Waals surface area (Å²) in [6.45, 7) is 8.59. The van der Waals surface area contributed by atoms with Gasteiger partial charge in [-0.15, -0.1) is 0 Å². The van der Waals surface area contributed by atoms with Crippen molar-refractivity contribution in [2.24, 2.45) is 0 Å². The summed E-state index contributed by atoms with van der Waals surface area (Å²) in [6, 6.07) is 6.15. The molecule has 0 saturated heterocycles. The summed E-state index contributed by atoms with van der Waals surface area (Å²) in [4.78, 5) is 12.1. The number of hydrogen-bond donors (Lipinski definition) is 0. The molecule has 1 aromatic carbocycles. The van der Waals surface area contributed by atoms with Crippen LogP contribution in [0.2, 0.25) is 0 Å². The SMILES string of the molecule is CCC(C)c1cccc(C(C)CC)c1C(=O)OC. The molecule has 0 N–H and O–H groups in total. The van der Waals surface area contributed by atoms with E-state index in [0.29, 0.717) is 11.8 Å². The van der Waals surface area contributed by atoms with Gasteiger partial charge in [-0.25, -0.2) is 4.79 Å². The smallest absolute Gasteiger partial charge is 0.338 e. The molecule has 0 spiro atoms. The number of carbonyl (C=O) groups excluding carboxylic acids is 1. The van der Waals surface area contributed by atoms with Crippen molar-refractivity contribution >= 4 is 5.97 Å². The normalized spacial score (nSPS) is 14.1. The van der Waals surface area contributed by atoms with Crippen LogP contribution in [0.1, 0.15) is 73.9 Å².